The maximum absolute atomic E-state index is 12.6. The first-order valence-electron chi connectivity index (χ1n) is 3.75. The molecule has 2 fully saturated rings. The van der Waals surface area contributed by atoms with Crippen molar-refractivity contribution in [2.45, 2.75) is 25.2 Å². The van der Waals surface area contributed by atoms with Gasteiger partial charge in [-0.2, -0.15) is 0 Å². The van der Waals surface area contributed by atoms with E-state index in [1.54, 1.807) is 0 Å². The molecule has 0 aromatic carbocycles. The van der Waals surface area contributed by atoms with Crippen molar-refractivity contribution in [3.8, 4) is 0 Å². The number of alkyl halides is 2. The van der Waals surface area contributed by atoms with E-state index in [1.165, 1.54) is 0 Å². The summed E-state index contributed by atoms with van der Waals surface area (Å²) in [5.74, 6) is -2.35. The van der Waals surface area contributed by atoms with Crippen LogP contribution in [0.15, 0.2) is 0 Å². The lowest BCUT2D eigenvalue weighted by Crippen LogP contribution is -2.34. The Morgan fingerprint density at radius 3 is 2.30 bits per heavy atom. The zero-order valence-corrected chi connectivity index (χ0v) is 5.79. The molecule has 1 heterocycles. The van der Waals surface area contributed by atoms with Gasteiger partial charge in [-0.1, -0.05) is 0 Å². The van der Waals surface area contributed by atoms with Gasteiger partial charge in [-0.25, -0.2) is 8.78 Å². The molecule has 0 unspecified atom stereocenters. The predicted octanol–water partition coefficient (Wildman–Crippen LogP) is 1.40. The molecule has 0 amide bonds. The van der Waals surface area contributed by atoms with Crippen LogP contribution in [0.3, 0.4) is 0 Å². The zero-order valence-electron chi connectivity index (χ0n) is 5.79. The minimum Gasteiger partial charge on any atom is -0.316 e. The second kappa shape index (κ2) is 1.70. The largest absolute Gasteiger partial charge is 0.316 e. The van der Waals surface area contributed by atoms with Gasteiger partial charge in [0.1, 0.15) is 0 Å². The van der Waals surface area contributed by atoms with Crippen LogP contribution >= 0.6 is 0 Å². The van der Waals surface area contributed by atoms with Gasteiger partial charge in [-0.15, -0.1) is 0 Å². The summed E-state index contributed by atoms with van der Waals surface area (Å²) in [6.07, 6.45) is 1.75. The lowest BCUT2D eigenvalue weighted by atomic mass is 9.96. The standard InChI is InChI=1S/C7H11F2N/c8-7(9)4-6(7)2-1-3-10-5-6/h10H,1-5H2/t6-/m1/s1. The number of nitrogens with one attached hydrogen (secondary N) is 1. The third-order valence-corrected chi connectivity index (χ3v) is 2.68. The van der Waals surface area contributed by atoms with E-state index in [9.17, 15) is 8.78 Å². The normalized spacial score (nSPS) is 43.8. The quantitative estimate of drug-likeness (QED) is 0.546. The van der Waals surface area contributed by atoms with Crippen LogP contribution in [0, 0.1) is 5.41 Å². The summed E-state index contributed by atoms with van der Waals surface area (Å²) in [4.78, 5) is 0. The molecule has 2 rings (SSSR count). The molecule has 1 N–H and O–H groups in total. The molecule has 0 aromatic rings. The minimum absolute atomic E-state index is 0.118. The van der Waals surface area contributed by atoms with Crippen molar-refractivity contribution in [1.82, 2.24) is 5.32 Å². The van der Waals surface area contributed by atoms with E-state index >= 15 is 0 Å². The molecule has 58 valence electrons. The summed E-state index contributed by atoms with van der Waals surface area (Å²) in [5.41, 5.74) is -0.620. The van der Waals surface area contributed by atoms with Gasteiger partial charge in [0.2, 0.25) is 0 Å². The molecule has 1 atom stereocenters. The van der Waals surface area contributed by atoms with Crippen molar-refractivity contribution >= 4 is 0 Å². The van der Waals surface area contributed by atoms with Crippen LogP contribution in [0.1, 0.15) is 19.3 Å². The summed E-state index contributed by atoms with van der Waals surface area (Å²) in [6, 6.07) is 0. The van der Waals surface area contributed by atoms with Crippen molar-refractivity contribution in [1.29, 1.82) is 0 Å². The second-order valence-corrected chi connectivity index (χ2v) is 3.44. The number of piperidine rings is 1. The fourth-order valence-corrected chi connectivity index (χ4v) is 1.81. The Hall–Kier alpha value is -0.180. The Balaban J connectivity index is 2.05. The summed E-state index contributed by atoms with van der Waals surface area (Å²) < 4.78 is 25.3. The van der Waals surface area contributed by atoms with Gasteiger partial charge in [0.05, 0.1) is 5.41 Å². The Bertz CT molecular complexity index is 150. The van der Waals surface area contributed by atoms with Crippen molar-refractivity contribution in [2.24, 2.45) is 5.41 Å². The smallest absolute Gasteiger partial charge is 0.255 e. The van der Waals surface area contributed by atoms with Crippen molar-refractivity contribution in [3.63, 3.8) is 0 Å². The fraction of sp³-hybridized carbons (Fsp3) is 1.00. The van der Waals surface area contributed by atoms with Crippen molar-refractivity contribution < 1.29 is 8.78 Å². The number of hydrogen-bond acceptors (Lipinski definition) is 1. The number of halogens is 2. The summed E-state index contributed by atoms with van der Waals surface area (Å²) >= 11 is 0. The topological polar surface area (TPSA) is 12.0 Å². The molecule has 1 aliphatic heterocycles. The molecule has 3 heteroatoms. The SMILES string of the molecule is FC1(F)C[C@@]12CCCNC2. The van der Waals surface area contributed by atoms with Gasteiger partial charge in [0.25, 0.3) is 5.92 Å². The van der Waals surface area contributed by atoms with Crippen LogP contribution in [0.5, 0.6) is 0 Å². The van der Waals surface area contributed by atoms with Gasteiger partial charge in [-0.05, 0) is 19.4 Å². The molecule has 0 bridgehead atoms. The van der Waals surface area contributed by atoms with Gasteiger partial charge in [0.15, 0.2) is 0 Å². The molecule has 1 aliphatic carbocycles. The Morgan fingerprint density at radius 1 is 1.30 bits per heavy atom. The van der Waals surface area contributed by atoms with Gasteiger partial charge in [0, 0.05) is 13.0 Å². The highest BCUT2D eigenvalue weighted by molar-refractivity contribution is 5.12. The van der Waals surface area contributed by atoms with Crippen LogP contribution in [-0.4, -0.2) is 19.0 Å². The highest BCUT2D eigenvalue weighted by atomic mass is 19.3. The van der Waals surface area contributed by atoms with Gasteiger partial charge >= 0.3 is 0 Å². The third kappa shape index (κ3) is 0.698. The van der Waals surface area contributed by atoms with E-state index in [0.29, 0.717) is 13.0 Å². The molecule has 10 heavy (non-hydrogen) atoms. The van der Waals surface area contributed by atoms with Crippen LogP contribution in [0.25, 0.3) is 0 Å². The summed E-state index contributed by atoms with van der Waals surface area (Å²) in [5, 5.41) is 3.01. The van der Waals surface area contributed by atoms with Gasteiger partial charge in [-0.3, -0.25) is 0 Å². The number of hydrogen-bond donors (Lipinski definition) is 1. The maximum Gasteiger partial charge on any atom is 0.255 e. The van der Waals surface area contributed by atoms with E-state index < -0.39 is 11.3 Å². The van der Waals surface area contributed by atoms with Crippen LogP contribution in [0.2, 0.25) is 0 Å². The van der Waals surface area contributed by atoms with E-state index in [1.807, 2.05) is 0 Å². The van der Waals surface area contributed by atoms with Crippen LogP contribution in [-0.2, 0) is 0 Å². The van der Waals surface area contributed by atoms with E-state index in [2.05, 4.69) is 5.32 Å². The maximum atomic E-state index is 12.6. The Morgan fingerprint density at radius 2 is 2.00 bits per heavy atom. The van der Waals surface area contributed by atoms with E-state index in [-0.39, 0.29) is 6.42 Å². The average Bonchev–Trinajstić information content (AvgIpc) is 2.36. The molecular formula is C7H11F2N. The molecular weight excluding hydrogens is 136 g/mol. The monoisotopic (exact) mass is 147 g/mol. The van der Waals surface area contributed by atoms with Crippen LogP contribution < -0.4 is 5.32 Å². The first-order valence-corrected chi connectivity index (χ1v) is 3.75. The minimum atomic E-state index is -2.35. The van der Waals surface area contributed by atoms with Gasteiger partial charge < -0.3 is 5.32 Å². The molecule has 0 aromatic heterocycles. The molecule has 1 saturated heterocycles. The lowest BCUT2D eigenvalue weighted by molar-refractivity contribution is 0.0536. The Kier molecular flexibility index (Phi) is 1.11. The summed E-state index contributed by atoms with van der Waals surface area (Å²) in [7, 11) is 0. The molecule has 1 nitrogen and oxygen atoms in total. The first kappa shape index (κ1) is 6.53. The first-order chi connectivity index (χ1) is 4.66. The molecule has 2 aliphatic rings. The Labute approximate surface area is 58.8 Å². The van der Waals surface area contributed by atoms with Crippen molar-refractivity contribution in [3.05, 3.63) is 0 Å². The molecule has 1 spiro atoms. The second-order valence-electron chi connectivity index (χ2n) is 3.44. The average molecular weight is 147 g/mol. The zero-order chi connectivity index (χ0) is 7.24. The number of rotatable bonds is 0. The third-order valence-electron chi connectivity index (χ3n) is 2.68. The fourth-order valence-electron chi connectivity index (χ4n) is 1.81. The highest BCUT2D eigenvalue weighted by Crippen LogP contribution is 2.63. The predicted molar refractivity (Wildman–Crippen MR) is 34.1 cm³/mol. The van der Waals surface area contributed by atoms with E-state index in [4.69, 9.17) is 0 Å². The summed E-state index contributed by atoms with van der Waals surface area (Å²) in [6.45, 7) is 1.44. The highest BCUT2D eigenvalue weighted by Gasteiger charge is 2.70. The van der Waals surface area contributed by atoms with Crippen molar-refractivity contribution in [2.75, 3.05) is 13.1 Å². The lowest BCUT2D eigenvalue weighted by Gasteiger charge is -2.22. The molecule has 1 saturated carbocycles. The van der Waals surface area contributed by atoms with Crippen LogP contribution in [0.4, 0.5) is 8.78 Å². The molecule has 0 radical (unpaired) electrons. The van der Waals surface area contributed by atoms with E-state index in [0.717, 1.165) is 13.0 Å².